The molecule has 1 aromatic heterocycles. The van der Waals surface area contributed by atoms with Gasteiger partial charge in [0.1, 0.15) is 0 Å². The number of carbonyl (C=O) groups is 1. The van der Waals surface area contributed by atoms with E-state index in [1.165, 1.54) is 11.1 Å². The van der Waals surface area contributed by atoms with Crippen molar-refractivity contribution < 1.29 is 4.79 Å². The van der Waals surface area contributed by atoms with Crippen molar-refractivity contribution in [2.45, 2.75) is 26.3 Å². The number of nitrogens with zero attached hydrogens (tertiary/aromatic N) is 2. The first-order valence-corrected chi connectivity index (χ1v) is 6.54. The van der Waals surface area contributed by atoms with E-state index in [0.29, 0.717) is 19.5 Å². The topological polar surface area (TPSA) is 46.9 Å². The average molecular weight is 257 g/mol. The molecule has 0 aliphatic carbocycles. The maximum atomic E-state index is 11.7. The summed E-state index contributed by atoms with van der Waals surface area (Å²) in [7, 11) is 0. The summed E-state index contributed by atoms with van der Waals surface area (Å²) in [6.45, 7) is 3.39. The number of benzene rings is 1. The number of amides is 1. The van der Waals surface area contributed by atoms with Crippen molar-refractivity contribution in [2.75, 3.05) is 6.54 Å². The second-order valence-electron chi connectivity index (χ2n) is 4.61. The van der Waals surface area contributed by atoms with Crippen LogP contribution in [0.3, 0.4) is 0 Å². The lowest BCUT2D eigenvalue weighted by molar-refractivity contribution is -0.121. The zero-order chi connectivity index (χ0) is 13.5. The molecule has 1 N–H and O–H groups in total. The Morgan fingerprint density at radius 1 is 1.37 bits per heavy atom. The van der Waals surface area contributed by atoms with Gasteiger partial charge in [-0.3, -0.25) is 9.48 Å². The summed E-state index contributed by atoms with van der Waals surface area (Å²) in [4.78, 5) is 11.7. The van der Waals surface area contributed by atoms with Gasteiger partial charge in [0.25, 0.3) is 0 Å². The summed E-state index contributed by atoms with van der Waals surface area (Å²) in [5.41, 5.74) is 2.44. The van der Waals surface area contributed by atoms with E-state index in [2.05, 4.69) is 35.5 Å². The molecule has 1 aromatic carbocycles. The summed E-state index contributed by atoms with van der Waals surface area (Å²) in [5.74, 6) is 0.0914. The highest BCUT2D eigenvalue weighted by atomic mass is 16.1. The van der Waals surface area contributed by atoms with Gasteiger partial charge in [0.2, 0.25) is 5.91 Å². The van der Waals surface area contributed by atoms with E-state index < -0.39 is 0 Å². The number of hydrogen-bond acceptors (Lipinski definition) is 2. The average Bonchev–Trinajstić information content (AvgIpc) is 2.90. The molecule has 0 atom stereocenters. The van der Waals surface area contributed by atoms with Gasteiger partial charge in [-0.05, 0) is 25.0 Å². The van der Waals surface area contributed by atoms with Gasteiger partial charge < -0.3 is 5.32 Å². The fraction of sp³-hybridized carbons (Fsp3) is 0.333. The molecule has 0 aliphatic heterocycles. The van der Waals surface area contributed by atoms with Crippen molar-refractivity contribution in [3.05, 3.63) is 53.9 Å². The molecule has 19 heavy (non-hydrogen) atoms. The Bertz CT molecular complexity index is 520. The Morgan fingerprint density at radius 3 is 3.00 bits per heavy atom. The third-order valence-electron chi connectivity index (χ3n) is 2.95. The fourth-order valence-electron chi connectivity index (χ4n) is 1.96. The molecule has 0 bridgehead atoms. The summed E-state index contributed by atoms with van der Waals surface area (Å²) in [6, 6.07) is 10.1. The van der Waals surface area contributed by atoms with Crippen molar-refractivity contribution in [1.29, 1.82) is 0 Å². The summed E-state index contributed by atoms with van der Waals surface area (Å²) in [6.07, 6.45) is 4.94. The van der Waals surface area contributed by atoms with Crippen LogP contribution in [0.5, 0.6) is 0 Å². The van der Waals surface area contributed by atoms with E-state index in [9.17, 15) is 4.79 Å². The summed E-state index contributed by atoms with van der Waals surface area (Å²) >= 11 is 0. The Morgan fingerprint density at radius 2 is 2.26 bits per heavy atom. The first-order valence-electron chi connectivity index (χ1n) is 6.54. The minimum Gasteiger partial charge on any atom is -0.354 e. The fourth-order valence-corrected chi connectivity index (χ4v) is 1.96. The predicted octanol–water partition coefficient (Wildman–Crippen LogP) is 1.94. The summed E-state index contributed by atoms with van der Waals surface area (Å²) in [5, 5.41) is 6.99. The van der Waals surface area contributed by atoms with Crippen LogP contribution in [-0.2, 0) is 17.8 Å². The SMILES string of the molecule is Cc1cccc(CCC(=O)NCCn2cccn2)c1. The van der Waals surface area contributed by atoms with Crippen molar-refractivity contribution in [2.24, 2.45) is 0 Å². The van der Waals surface area contributed by atoms with E-state index in [0.717, 1.165) is 6.42 Å². The monoisotopic (exact) mass is 257 g/mol. The van der Waals surface area contributed by atoms with Gasteiger partial charge in [-0.1, -0.05) is 29.8 Å². The molecule has 1 heterocycles. The lowest BCUT2D eigenvalue weighted by atomic mass is 10.1. The van der Waals surface area contributed by atoms with Crippen LogP contribution in [0.1, 0.15) is 17.5 Å². The highest BCUT2D eigenvalue weighted by Gasteiger charge is 2.02. The Kier molecular flexibility index (Phi) is 4.72. The minimum absolute atomic E-state index is 0.0914. The smallest absolute Gasteiger partial charge is 0.220 e. The van der Waals surface area contributed by atoms with Gasteiger partial charge in [0, 0.05) is 25.4 Å². The standard InChI is InChI=1S/C15H19N3O/c1-13-4-2-5-14(12-13)6-7-15(19)16-9-11-18-10-3-8-17-18/h2-5,8,10,12H,6-7,9,11H2,1H3,(H,16,19). The number of rotatable bonds is 6. The summed E-state index contributed by atoms with van der Waals surface area (Å²) < 4.78 is 1.81. The Balaban J connectivity index is 1.67. The molecule has 0 unspecified atom stereocenters. The minimum atomic E-state index is 0.0914. The highest BCUT2D eigenvalue weighted by molar-refractivity contribution is 5.76. The molecule has 4 heteroatoms. The van der Waals surface area contributed by atoms with Gasteiger partial charge in [-0.25, -0.2) is 0 Å². The lowest BCUT2D eigenvalue weighted by Crippen LogP contribution is -2.27. The molecule has 0 spiro atoms. The van der Waals surface area contributed by atoms with Gasteiger partial charge >= 0.3 is 0 Å². The Labute approximate surface area is 113 Å². The normalized spacial score (nSPS) is 10.4. The molecular weight excluding hydrogens is 238 g/mol. The van der Waals surface area contributed by atoms with E-state index in [1.54, 1.807) is 10.9 Å². The van der Waals surface area contributed by atoms with E-state index in [1.807, 2.05) is 18.3 Å². The molecule has 0 saturated carbocycles. The Hall–Kier alpha value is -2.10. The van der Waals surface area contributed by atoms with E-state index in [4.69, 9.17) is 0 Å². The maximum Gasteiger partial charge on any atom is 0.220 e. The van der Waals surface area contributed by atoms with Crippen molar-refractivity contribution in [3.8, 4) is 0 Å². The third-order valence-corrected chi connectivity index (χ3v) is 2.95. The van der Waals surface area contributed by atoms with Crippen LogP contribution < -0.4 is 5.32 Å². The number of aromatic nitrogens is 2. The van der Waals surface area contributed by atoms with Gasteiger partial charge in [-0.15, -0.1) is 0 Å². The van der Waals surface area contributed by atoms with Crippen molar-refractivity contribution >= 4 is 5.91 Å². The second kappa shape index (κ2) is 6.73. The van der Waals surface area contributed by atoms with Crippen LogP contribution in [0.4, 0.5) is 0 Å². The van der Waals surface area contributed by atoms with E-state index >= 15 is 0 Å². The van der Waals surface area contributed by atoms with Gasteiger partial charge in [0.05, 0.1) is 6.54 Å². The molecule has 1 amide bonds. The number of aryl methyl sites for hydroxylation is 2. The van der Waals surface area contributed by atoms with Crippen LogP contribution in [0, 0.1) is 6.92 Å². The molecule has 0 aliphatic rings. The van der Waals surface area contributed by atoms with E-state index in [-0.39, 0.29) is 5.91 Å². The number of carbonyl (C=O) groups excluding carboxylic acids is 1. The molecule has 2 aromatic rings. The second-order valence-corrected chi connectivity index (χ2v) is 4.61. The molecule has 0 fully saturated rings. The zero-order valence-corrected chi connectivity index (χ0v) is 11.2. The zero-order valence-electron chi connectivity index (χ0n) is 11.2. The molecule has 0 saturated heterocycles. The lowest BCUT2D eigenvalue weighted by Gasteiger charge is -2.06. The number of hydrogen-bond donors (Lipinski definition) is 1. The molecular formula is C15H19N3O. The van der Waals surface area contributed by atoms with Crippen LogP contribution in [0.15, 0.2) is 42.7 Å². The van der Waals surface area contributed by atoms with Crippen LogP contribution in [0.25, 0.3) is 0 Å². The molecule has 100 valence electrons. The van der Waals surface area contributed by atoms with Gasteiger partial charge in [0.15, 0.2) is 0 Å². The van der Waals surface area contributed by atoms with Crippen molar-refractivity contribution in [3.63, 3.8) is 0 Å². The maximum absolute atomic E-state index is 11.7. The quantitative estimate of drug-likeness (QED) is 0.859. The van der Waals surface area contributed by atoms with Crippen LogP contribution >= 0.6 is 0 Å². The van der Waals surface area contributed by atoms with Crippen LogP contribution in [-0.4, -0.2) is 22.2 Å². The largest absolute Gasteiger partial charge is 0.354 e. The molecule has 2 rings (SSSR count). The van der Waals surface area contributed by atoms with Crippen LogP contribution in [0.2, 0.25) is 0 Å². The third kappa shape index (κ3) is 4.58. The van der Waals surface area contributed by atoms with Gasteiger partial charge in [-0.2, -0.15) is 5.10 Å². The first-order chi connectivity index (χ1) is 9.24. The molecule has 0 radical (unpaired) electrons. The highest BCUT2D eigenvalue weighted by Crippen LogP contribution is 2.06. The van der Waals surface area contributed by atoms with Crippen molar-refractivity contribution in [1.82, 2.24) is 15.1 Å². The molecule has 4 nitrogen and oxygen atoms in total. The predicted molar refractivity (Wildman–Crippen MR) is 74.7 cm³/mol. The first kappa shape index (κ1) is 13.3. The number of nitrogens with one attached hydrogen (secondary N) is 1.